The lowest BCUT2D eigenvalue weighted by Crippen LogP contribution is -2.22. The van der Waals surface area contributed by atoms with Crippen molar-refractivity contribution in [2.45, 2.75) is 19.6 Å². The van der Waals surface area contributed by atoms with E-state index in [0.29, 0.717) is 19.1 Å². The molecule has 2 heterocycles. The summed E-state index contributed by atoms with van der Waals surface area (Å²) in [5.41, 5.74) is 5.16. The SMILES string of the molecule is COc1cccc(CN(Cc2ccc3nc[nH]c3c2)c2nc(CN(C)C)co2)c1. The molecule has 7 heteroatoms. The van der Waals surface area contributed by atoms with E-state index in [0.717, 1.165) is 40.1 Å². The molecule has 2 aromatic carbocycles. The van der Waals surface area contributed by atoms with Crippen LogP contribution in [0.25, 0.3) is 11.0 Å². The Bertz CT molecular complexity index is 1090. The van der Waals surface area contributed by atoms with Crippen molar-refractivity contribution in [2.75, 3.05) is 26.1 Å². The average Bonchev–Trinajstić information content (AvgIpc) is 3.36. The van der Waals surface area contributed by atoms with Gasteiger partial charge in [-0.2, -0.15) is 4.98 Å². The molecule has 0 unspecified atom stereocenters. The van der Waals surface area contributed by atoms with Gasteiger partial charge in [-0.15, -0.1) is 0 Å². The van der Waals surface area contributed by atoms with Gasteiger partial charge in [0.25, 0.3) is 6.01 Å². The van der Waals surface area contributed by atoms with Crippen molar-refractivity contribution < 1.29 is 9.15 Å². The van der Waals surface area contributed by atoms with E-state index < -0.39 is 0 Å². The van der Waals surface area contributed by atoms with Crippen LogP contribution in [0.15, 0.2) is 59.5 Å². The number of fused-ring (bicyclic) bond motifs is 1. The Labute approximate surface area is 169 Å². The predicted molar refractivity (Wildman–Crippen MR) is 113 cm³/mol. The lowest BCUT2D eigenvalue weighted by molar-refractivity contribution is 0.396. The molecule has 0 aliphatic rings. The highest BCUT2D eigenvalue weighted by atomic mass is 16.5. The number of nitrogens with one attached hydrogen (secondary N) is 1. The highest BCUT2D eigenvalue weighted by Crippen LogP contribution is 2.23. The van der Waals surface area contributed by atoms with Crippen molar-refractivity contribution in [3.63, 3.8) is 0 Å². The number of ether oxygens (including phenoxy) is 1. The number of H-pyrrole nitrogens is 1. The van der Waals surface area contributed by atoms with Crippen molar-refractivity contribution in [3.05, 3.63) is 71.9 Å². The van der Waals surface area contributed by atoms with Gasteiger partial charge in [-0.3, -0.25) is 0 Å². The third-order valence-electron chi connectivity index (χ3n) is 4.65. The number of rotatable bonds is 8. The number of nitrogens with zero attached hydrogens (tertiary/aromatic N) is 4. The largest absolute Gasteiger partial charge is 0.497 e. The van der Waals surface area contributed by atoms with Crippen molar-refractivity contribution in [3.8, 4) is 5.75 Å². The summed E-state index contributed by atoms with van der Waals surface area (Å²) in [5.74, 6) is 0.835. The molecule has 0 saturated heterocycles. The van der Waals surface area contributed by atoms with Crippen LogP contribution in [-0.2, 0) is 19.6 Å². The van der Waals surface area contributed by atoms with E-state index in [4.69, 9.17) is 14.1 Å². The van der Waals surface area contributed by atoms with Crippen molar-refractivity contribution >= 4 is 17.0 Å². The summed E-state index contributed by atoms with van der Waals surface area (Å²) in [6, 6.07) is 14.9. The summed E-state index contributed by atoms with van der Waals surface area (Å²) in [6.45, 7) is 2.05. The smallest absolute Gasteiger partial charge is 0.298 e. The highest BCUT2D eigenvalue weighted by Gasteiger charge is 2.16. The van der Waals surface area contributed by atoms with Crippen LogP contribution in [0.2, 0.25) is 0 Å². The Kier molecular flexibility index (Phi) is 5.48. The van der Waals surface area contributed by atoms with Crippen molar-refractivity contribution in [1.82, 2.24) is 19.9 Å². The van der Waals surface area contributed by atoms with E-state index in [-0.39, 0.29) is 0 Å². The van der Waals surface area contributed by atoms with Gasteiger partial charge in [0.1, 0.15) is 12.0 Å². The van der Waals surface area contributed by atoms with Crippen LogP contribution in [0, 0.1) is 0 Å². The maximum Gasteiger partial charge on any atom is 0.298 e. The zero-order valence-corrected chi connectivity index (χ0v) is 16.9. The standard InChI is InChI=1S/C22H25N5O2/c1-26(2)13-18-14-29-22(25-18)27(11-16-5-4-6-19(9-16)28-3)12-17-7-8-20-21(10-17)24-15-23-20/h4-10,14-15H,11-13H2,1-3H3,(H,23,24). The van der Waals surface area contributed by atoms with Gasteiger partial charge < -0.3 is 23.9 Å². The maximum atomic E-state index is 5.84. The van der Waals surface area contributed by atoms with Gasteiger partial charge in [0.05, 0.1) is 30.2 Å². The quantitative estimate of drug-likeness (QED) is 0.492. The predicted octanol–water partition coefficient (Wildman–Crippen LogP) is 3.83. The van der Waals surface area contributed by atoms with Gasteiger partial charge in [0, 0.05) is 19.6 Å². The molecule has 0 atom stereocenters. The monoisotopic (exact) mass is 391 g/mol. The minimum atomic E-state index is 0.606. The fourth-order valence-electron chi connectivity index (χ4n) is 3.32. The van der Waals surface area contributed by atoms with Crippen LogP contribution in [0.1, 0.15) is 16.8 Å². The first kappa shape index (κ1) is 19.0. The van der Waals surface area contributed by atoms with E-state index in [1.807, 2.05) is 38.4 Å². The number of methoxy groups -OCH3 is 1. The molecule has 29 heavy (non-hydrogen) atoms. The molecule has 0 amide bonds. The summed E-state index contributed by atoms with van der Waals surface area (Å²) in [7, 11) is 5.71. The summed E-state index contributed by atoms with van der Waals surface area (Å²) in [4.78, 5) is 16.4. The Morgan fingerprint density at radius 3 is 2.66 bits per heavy atom. The molecule has 1 N–H and O–H groups in total. The normalized spacial score (nSPS) is 11.3. The van der Waals surface area contributed by atoms with Gasteiger partial charge in [-0.1, -0.05) is 18.2 Å². The Morgan fingerprint density at radius 2 is 1.86 bits per heavy atom. The number of oxazole rings is 1. The van der Waals surface area contributed by atoms with E-state index in [1.165, 1.54) is 0 Å². The first-order valence-electron chi connectivity index (χ1n) is 9.50. The summed E-state index contributed by atoms with van der Waals surface area (Å²) in [6.07, 6.45) is 3.44. The summed E-state index contributed by atoms with van der Waals surface area (Å²) >= 11 is 0. The number of benzene rings is 2. The second kappa shape index (κ2) is 8.36. The molecule has 0 aliphatic carbocycles. The number of aromatic nitrogens is 3. The molecule has 150 valence electrons. The Morgan fingerprint density at radius 1 is 1.03 bits per heavy atom. The molecule has 0 bridgehead atoms. The van der Waals surface area contributed by atoms with Crippen LogP contribution >= 0.6 is 0 Å². The fourth-order valence-corrected chi connectivity index (χ4v) is 3.32. The Hall–Kier alpha value is -3.32. The average molecular weight is 391 g/mol. The molecule has 2 aromatic heterocycles. The molecule has 7 nitrogen and oxygen atoms in total. The summed E-state index contributed by atoms with van der Waals surface area (Å²) < 4.78 is 11.2. The van der Waals surface area contributed by atoms with Crippen molar-refractivity contribution in [1.29, 1.82) is 0 Å². The van der Waals surface area contributed by atoms with Crippen LogP contribution in [0.3, 0.4) is 0 Å². The van der Waals surface area contributed by atoms with Crippen LogP contribution in [0.5, 0.6) is 5.75 Å². The number of aromatic amines is 1. The second-order valence-corrected chi connectivity index (χ2v) is 7.32. The molecule has 4 aromatic rings. The zero-order valence-electron chi connectivity index (χ0n) is 16.9. The first-order valence-corrected chi connectivity index (χ1v) is 9.50. The van der Waals surface area contributed by atoms with Gasteiger partial charge in [0.2, 0.25) is 0 Å². The topological polar surface area (TPSA) is 70.4 Å². The summed E-state index contributed by atoms with van der Waals surface area (Å²) in [5, 5.41) is 0. The number of anilines is 1. The molecule has 0 saturated carbocycles. The van der Waals surface area contributed by atoms with Gasteiger partial charge in [-0.25, -0.2) is 4.98 Å². The zero-order chi connectivity index (χ0) is 20.2. The number of hydrogen-bond donors (Lipinski definition) is 1. The van der Waals surface area contributed by atoms with E-state index in [2.05, 4.69) is 38.0 Å². The second-order valence-electron chi connectivity index (χ2n) is 7.32. The lowest BCUT2D eigenvalue weighted by atomic mass is 10.1. The van der Waals surface area contributed by atoms with Gasteiger partial charge in [-0.05, 0) is 49.5 Å². The molecule has 0 fully saturated rings. The van der Waals surface area contributed by atoms with Crippen LogP contribution < -0.4 is 9.64 Å². The van der Waals surface area contributed by atoms with Crippen LogP contribution in [-0.4, -0.2) is 41.1 Å². The molecule has 0 radical (unpaired) electrons. The van der Waals surface area contributed by atoms with Crippen LogP contribution in [0.4, 0.5) is 6.01 Å². The van der Waals surface area contributed by atoms with Gasteiger partial charge in [0.15, 0.2) is 0 Å². The minimum Gasteiger partial charge on any atom is -0.497 e. The number of imidazole rings is 1. The van der Waals surface area contributed by atoms with Crippen molar-refractivity contribution in [2.24, 2.45) is 0 Å². The molecular weight excluding hydrogens is 366 g/mol. The Balaban J connectivity index is 1.62. The van der Waals surface area contributed by atoms with E-state index >= 15 is 0 Å². The fraction of sp³-hybridized carbons (Fsp3) is 0.273. The maximum absolute atomic E-state index is 5.84. The minimum absolute atomic E-state index is 0.606. The highest BCUT2D eigenvalue weighted by molar-refractivity contribution is 5.75. The third kappa shape index (κ3) is 4.57. The third-order valence-corrected chi connectivity index (χ3v) is 4.65. The number of hydrogen-bond acceptors (Lipinski definition) is 6. The van der Waals surface area contributed by atoms with E-state index in [1.54, 1.807) is 19.7 Å². The molecular formula is C22H25N5O2. The van der Waals surface area contributed by atoms with E-state index in [9.17, 15) is 0 Å². The molecule has 4 rings (SSSR count). The molecule has 0 aliphatic heterocycles. The molecule has 0 spiro atoms. The van der Waals surface area contributed by atoms with Gasteiger partial charge >= 0.3 is 0 Å². The first-order chi connectivity index (χ1) is 14.1. The lowest BCUT2D eigenvalue weighted by Gasteiger charge is -2.21.